The lowest BCUT2D eigenvalue weighted by Gasteiger charge is -2.11. The van der Waals surface area contributed by atoms with Crippen molar-refractivity contribution in [3.8, 4) is 0 Å². The monoisotopic (exact) mass is 258 g/mol. The molecule has 0 saturated heterocycles. The molecule has 2 aromatic carbocycles. The zero-order valence-electron chi connectivity index (χ0n) is 10.8. The fourth-order valence-corrected chi connectivity index (χ4v) is 1.83. The second kappa shape index (κ2) is 5.10. The van der Waals surface area contributed by atoms with Crippen molar-refractivity contribution in [3.05, 3.63) is 58.9 Å². The number of benzene rings is 2. The molecular weight excluding hydrogens is 243 g/mol. The lowest BCUT2D eigenvalue weighted by molar-refractivity contribution is 0.102. The maximum absolute atomic E-state index is 12.9. The average Bonchev–Trinajstić information content (AvgIpc) is 2.36. The number of amides is 1. The molecule has 0 bridgehead atoms. The average molecular weight is 258 g/mol. The Labute approximate surface area is 111 Å². The van der Waals surface area contributed by atoms with Crippen molar-refractivity contribution in [3.63, 3.8) is 0 Å². The summed E-state index contributed by atoms with van der Waals surface area (Å²) in [5, 5.41) is 2.69. The molecule has 3 N–H and O–H groups in total. The minimum Gasteiger partial charge on any atom is -0.397 e. The molecule has 0 aliphatic rings. The molecule has 0 heterocycles. The number of nitrogens with one attached hydrogen (secondary N) is 1. The molecule has 4 heteroatoms. The van der Waals surface area contributed by atoms with Gasteiger partial charge in [-0.1, -0.05) is 12.1 Å². The van der Waals surface area contributed by atoms with Crippen molar-refractivity contribution in [2.45, 2.75) is 13.8 Å². The summed E-state index contributed by atoms with van der Waals surface area (Å²) < 4.78 is 12.9. The predicted octanol–water partition coefficient (Wildman–Crippen LogP) is 3.28. The van der Waals surface area contributed by atoms with E-state index in [0.717, 1.165) is 11.1 Å². The smallest absolute Gasteiger partial charge is 0.255 e. The highest BCUT2D eigenvalue weighted by atomic mass is 19.1. The molecule has 0 atom stereocenters. The summed E-state index contributed by atoms with van der Waals surface area (Å²) in [4.78, 5) is 12.2. The van der Waals surface area contributed by atoms with Crippen LogP contribution in [0.1, 0.15) is 21.5 Å². The number of carbonyl (C=O) groups excluding carboxylic acids is 1. The third-order valence-corrected chi connectivity index (χ3v) is 3.11. The molecule has 2 rings (SSSR count). The molecule has 0 fully saturated rings. The molecule has 2 aromatic rings. The van der Waals surface area contributed by atoms with Crippen LogP contribution in [0.25, 0.3) is 0 Å². The topological polar surface area (TPSA) is 55.1 Å². The van der Waals surface area contributed by atoms with Gasteiger partial charge in [-0.05, 0) is 49.2 Å². The highest BCUT2D eigenvalue weighted by Gasteiger charge is 2.11. The molecule has 0 aliphatic heterocycles. The summed E-state index contributed by atoms with van der Waals surface area (Å²) >= 11 is 0. The Balaban J connectivity index is 2.28. The van der Waals surface area contributed by atoms with E-state index < -0.39 is 5.82 Å². The summed E-state index contributed by atoms with van der Waals surface area (Å²) in [5.41, 5.74) is 8.82. The first-order valence-corrected chi connectivity index (χ1v) is 5.91. The van der Waals surface area contributed by atoms with Gasteiger partial charge in [-0.25, -0.2) is 4.39 Å². The Kier molecular flexibility index (Phi) is 3.51. The molecule has 0 aromatic heterocycles. The van der Waals surface area contributed by atoms with Crippen LogP contribution in [0.4, 0.5) is 15.8 Å². The van der Waals surface area contributed by atoms with Crippen LogP contribution in [0.3, 0.4) is 0 Å². The van der Waals surface area contributed by atoms with E-state index in [4.69, 9.17) is 5.73 Å². The normalized spacial score (nSPS) is 10.3. The molecule has 98 valence electrons. The van der Waals surface area contributed by atoms with Gasteiger partial charge in [0.2, 0.25) is 0 Å². The van der Waals surface area contributed by atoms with Crippen LogP contribution in [0, 0.1) is 19.7 Å². The van der Waals surface area contributed by atoms with Crippen molar-refractivity contribution >= 4 is 17.3 Å². The highest BCUT2D eigenvalue weighted by molar-refractivity contribution is 6.06. The minimum atomic E-state index is -0.428. The lowest BCUT2D eigenvalue weighted by atomic mass is 10.0. The van der Waals surface area contributed by atoms with Gasteiger partial charge in [0.1, 0.15) is 5.82 Å². The minimum absolute atomic E-state index is 0.207. The van der Waals surface area contributed by atoms with Crippen molar-refractivity contribution in [2.75, 3.05) is 11.1 Å². The van der Waals surface area contributed by atoms with Crippen LogP contribution < -0.4 is 11.1 Å². The van der Waals surface area contributed by atoms with Gasteiger partial charge >= 0.3 is 0 Å². The SMILES string of the molecule is Cc1cccc(C(=O)Nc2ccc(F)cc2N)c1C. The second-order valence-electron chi connectivity index (χ2n) is 4.43. The van der Waals surface area contributed by atoms with E-state index in [2.05, 4.69) is 5.32 Å². The largest absolute Gasteiger partial charge is 0.397 e. The van der Waals surface area contributed by atoms with E-state index in [9.17, 15) is 9.18 Å². The van der Waals surface area contributed by atoms with Crippen LogP contribution in [0.2, 0.25) is 0 Å². The molecule has 19 heavy (non-hydrogen) atoms. The van der Waals surface area contributed by atoms with E-state index in [1.807, 2.05) is 26.0 Å². The van der Waals surface area contributed by atoms with Gasteiger partial charge in [-0.15, -0.1) is 0 Å². The maximum atomic E-state index is 12.9. The number of halogens is 1. The highest BCUT2D eigenvalue weighted by Crippen LogP contribution is 2.21. The van der Waals surface area contributed by atoms with Crippen molar-refractivity contribution in [1.82, 2.24) is 0 Å². The Morgan fingerprint density at radius 3 is 2.63 bits per heavy atom. The number of carbonyl (C=O) groups is 1. The Hall–Kier alpha value is -2.36. The van der Waals surface area contributed by atoms with E-state index in [-0.39, 0.29) is 11.6 Å². The first kappa shape index (κ1) is 13.1. The molecule has 0 saturated carbocycles. The van der Waals surface area contributed by atoms with Gasteiger partial charge in [0.15, 0.2) is 0 Å². The summed E-state index contributed by atoms with van der Waals surface area (Å²) in [6.45, 7) is 3.83. The first-order chi connectivity index (χ1) is 8.99. The zero-order chi connectivity index (χ0) is 14.0. The van der Waals surface area contributed by atoms with Gasteiger partial charge in [-0.3, -0.25) is 4.79 Å². The number of nitrogens with two attached hydrogens (primary N) is 1. The van der Waals surface area contributed by atoms with Crippen LogP contribution in [0.15, 0.2) is 36.4 Å². The van der Waals surface area contributed by atoms with Crippen LogP contribution in [0.5, 0.6) is 0 Å². The Bertz CT molecular complexity index is 638. The quantitative estimate of drug-likeness (QED) is 0.812. The summed E-state index contributed by atoms with van der Waals surface area (Å²) in [5.74, 6) is -0.679. The summed E-state index contributed by atoms with van der Waals surface area (Å²) in [7, 11) is 0. The van der Waals surface area contributed by atoms with E-state index in [0.29, 0.717) is 11.3 Å². The fraction of sp³-hybridized carbons (Fsp3) is 0.133. The van der Waals surface area contributed by atoms with Gasteiger partial charge in [0.05, 0.1) is 11.4 Å². The van der Waals surface area contributed by atoms with E-state index in [1.54, 1.807) is 6.07 Å². The second-order valence-corrected chi connectivity index (χ2v) is 4.43. The molecule has 0 spiro atoms. The van der Waals surface area contributed by atoms with Gasteiger partial charge < -0.3 is 11.1 Å². The number of hydrogen-bond donors (Lipinski definition) is 2. The van der Waals surface area contributed by atoms with Gasteiger partial charge in [-0.2, -0.15) is 0 Å². The molecule has 0 aliphatic carbocycles. The zero-order valence-corrected chi connectivity index (χ0v) is 10.8. The lowest BCUT2D eigenvalue weighted by Crippen LogP contribution is -2.15. The fourth-order valence-electron chi connectivity index (χ4n) is 1.83. The number of rotatable bonds is 2. The van der Waals surface area contributed by atoms with Gasteiger partial charge in [0, 0.05) is 5.56 Å². The number of nitrogen functional groups attached to an aromatic ring is 1. The van der Waals surface area contributed by atoms with Crippen LogP contribution in [-0.4, -0.2) is 5.91 Å². The molecule has 3 nitrogen and oxygen atoms in total. The predicted molar refractivity (Wildman–Crippen MR) is 74.7 cm³/mol. The first-order valence-electron chi connectivity index (χ1n) is 5.91. The Morgan fingerprint density at radius 1 is 1.21 bits per heavy atom. The summed E-state index contributed by atoms with van der Waals surface area (Å²) in [6, 6.07) is 9.41. The number of aryl methyl sites for hydroxylation is 1. The standard InChI is InChI=1S/C15H15FN2O/c1-9-4-3-5-12(10(9)2)15(19)18-14-7-6-11(16)8-13(14)17/h3-8H,17H2,1-2H3,(H,18,19). The maximum Gasteiger partial charge on any atom is 0.255 e. The molecule has 0 unspecified atom stereocenters. The third-order valence-electron chi connectivity index (χ3n) is 3.11. The van der Waals surface area contributed by atoms with Crippen molar-refractivity contribution in [2.24, 2.45) is 0 Å². The van der Waals surface area contributed by atoms with E-state index in [1.165, 1.54) is 18.2 Å². The van der Waals surface area contributed by atoms with Crippen LogP contribution >= 0.6 is 0 Å². The number of anilines is 2. The molecule has 0 radical (unpaired) electrons. The van der Waals surface area contributed by atoms with Gasteiger partial charge in [0.25, 0.3) is 5.91 Å². The molecule has 1 amide bonds. The Morgan fingerprint density at radius 2 is 1.95 bits per heavy atom. The van der Waals surface area contributed by atoms with Crippen LogP contribution in [-0.2, 0) is 0 Å². The third kappa shape index (κ3) is 2.73. The molecular formula is C15H15FN2O. The number of hydrogen-bond acceptors (Lipinski definition) is 2. The summed E-state index contributed by atoms with van der Waals surface area (Å²) in [6.07, 6.45) is 0. The van der Waals surface area contributed by atoms with Crippen molar-refractivity contribution < 1.29 is 9.18 Å². The van der Waals surface area contributed by atoms with Crippen molar-refractivity contribution in [1.29, 1.82) is 0 Å². The van der Waals surface area contributed by atoms with E-state index >= 15 is 0 Å².